The molecule has 0 saturated carbocycles. The summed E-state index contributed by atoms with van der Waals surface area (Å²) >= 11 is 7.54. The predicted octanol–water partition coefficient (Wildman–Crippen LogP) is 3.87. The van der Waals surface area contributed by atoms with E-state index in [0.717, 1.165) is 23.8 Å². The third-order valence-corrected chi connectivity index (χ3v) is 3.97. The Kier molecular flexibility index (Phi) is 4.14. The number of nitrogens with one attached hydrogen (secondary N) is 1. The van der Waals surface area contributed by atoms with Crippen LogP contribution in [0.25, 0.3) is 0 Å². The molecule has 4 heteroatoms. The number of hydrogen-bond acceptors (Lipinski definition) is 3. The number of hydrogen-bond donors (Lipinski definition) is 1. The van der Waals surface area contributed by atoms with Gasteiger partial charge in [0.25, 0.3) is 0 Å². The molecule has 1 aliphatic heterocycles. The second-order valence-electron chi connectivity index (χ2n) is 5.85. The van der Waals surface area contributed by atoms with Crippen LogP contribution in [0.3, 0.4) is 0 Å². The number of morpholine rings is 1. The highest BCUT2D eigenvalue weighted by Crippen LogP contribution is 2.31. The van der Waals surface area contributed by atoms with Crippen LogP contribution in [0.2, 0.25) is 4.34 Å². The first-order chi connectivity index (χ1) is 7.94. The summed E-state index contributed by atoms with van der Waals surface area (Å²) in [6, 6.07) is 2.01. The lowest BCUT2D eigenvalue weighted by atomic mass is 9.88. The molecule has 17 heavy (non-hydrogen) atoms. The molecule has 1 aliphatic rings. The van der Waals surface area contributed by atoms with Gasteiger partial charge in [-0.05, 0) is 28.8 Å². The second-order valence-corrected chi connectivity index (χ2v) is 7.40. The SMILES string of the molecule is CC(C)(C)CC1CNCC(c2csc(Cl)c2)O1. The topological polar surface area (TPSA) is 21.3 Å². The molecule has 2 rings (SSSR count). The van der Waals surface area contributed by atoms with Crippen molar-refractivity contribution in [2.75, 3.05) is 13.1 Å². The number of ether oxygens (including phenoxy) is 1. The van der Waals surface area contributed by atoms with Gasteiger partial charge < -0.3 is 10.1 Å². The number of thiophene rings is 1. The quantitative estimate of drug-likeness (QED) is 0.883. The van der Waals surface area contributed by atoms with Crippen molar-refractivity contribution in [2.45, 2.75) is 39.4 Å². The first-order valence-corrected chi connectivity index (χ1v) is 7.30. The molecule has 2 atom stereocenters. The van der Waals surface area contributed by atoms with Crippen molar-refractivity contribution < 1.29 is 4.74 Å². The standard InChI is InChI=1S/C13H20ClNOS/c1-13(2,3)5-10-6-15-7-11(16-10)9-4-12(14)17-8-9/h4,8,10-11,15H,5-7H2,1-3H3. The van der Waals surface area contributed by atoms with E-state index in [1.54, 1.807) is 11.3 Å². The van der Waals surface area contributed by atoms with Crippen LogP contribution >= 0.6 is 22.9 Å². The van der Waals surface area contributed by atoms with Gasteiger partial charge in [-0.3, -0.25) is 0 Å². The molecule has 0 aromatic carbocycles. The maximum absolute atomic E-state index is 6.15. The lowest BCUT2D eigenvalue weighted by Gasteiger charge is -2.34. The first-order valence-electron chi connectivity index (χ1n) is 6.04. The van der Waals surface area contributed by atoms with E-state index in [1.165, 1.54) is 5.56 Å². The first kappa shape index (κ1) is 13.3. The van der Waals surface area contributed by atoms with Crippen molar-refractivity contribution >= 4 is 22.9 Å². The lowest BCUT2D eigenvalue weighted by Crippen LogP contribution is -2.42. The fourth-order valence-electron chi connectivity index (χ4n) is 2.20. The molecule has 0 amide bonds. The number of halogens is 1. The van der Waals surface area contributed by atoms with E-state index < -0.39 is 0 Å². The molecule has 0 aliphatic carbocycles. The van der Waals surface area contributed by atoms with Crippen molar-refractivity contribution in [1.29, 1.82) is 0 Å². The highest BCUT2D eigenvalue weighted by atomic mass is 35.5. The van der Waals surface area contributed by atoms with Crippen molar-refractivity contribution in [3.05, 3.63) is 21.3 Å². The van der Waals surface area contributed by atoms with Crippen LogP contribution in [0, 0.1) is 5.41 Å². The van der Waals surface area contributed by atoms with Crippen LogP contribution in [-0.4, -0.2) is 19.2 Å². The number of rotatable bonds is 2. The van der Waals surface area contributed by atoms with E-state index in [2.05, 4.69) is 31.5 Å². The fourth-order valence-corrected chi connectivity index (χ4v) is 3.13. The van der Waals surface area contributed by atoms with Crippen molar-refractivity contribution in [1.82, 2.24) is 5.32 Å². The summed E-state index contributed by atoms with van der Waals surface area (Å²) < 4.78 is 6.98. The van der Waals surface area contributed by atoms with E-state index >= 15 is 0 Å². The molecule has 1 N–H and O–H groups in total. The maximum Gasteiger partial charge on any atom is 0.0962 e. The zero-order valence-corrected chi connectivity index (χ0v) is 12.2. The molecule has 2 nitrogen and oxygen atoms in total. The summed E-state index contributed by atoms with van der Waals surface area (Å²) in [5.41, 5.74) is 1.51. The Morgan fingerprint density at radius 3 is 2.82 bits per heavy atom. The van der Waals surface area contributed by atoms with E-state index in [9.17, 15) is 0 Å². The van der Waals surface area contributed by atoms with Crippen LogP contribution in [-0.2, 0) is 4.74 Å². The van der Waals surface area contributed by atoms with Gasteiger partial charge in [0.1, 0.15) is 0 Å². The minimum absolute atomic E-state index is 0.153. The Balaban J connectivity index is 1.97. The van der Waals surface area contributed by atoms with Gasteiger partial charge in [-0.25, -0.2) is 0 Å². The molecule has 96 valence electrons. The molecule has 1 aromatic rings. The molecule has 1 saturated heterocycles. The summed E-state index contributed by atoms with van der Waals surface area (Å²) in [5.74, 6) is 0. The third kappa shape index (κ3) is 3.95. The smallest absolute Gasteiger partial charge is 0.0962 e. The zero-order chi connectivity index (χ0) is 12.5. The molecule has 1 aromatic heterocycles. The van der Waals surface area contributed by atoms with Crippen LogP contribution < -0.4 is 5.32 Å². The van der Waals surface area contributed by atoms with Gasteiger partial charge in [0.15, 0.2) is 0 Å². The van der Waals surface area contributed by atoms with Crippen LogP contribution in [0.5, 0.6) is 0 Å². The molecular formula is C13H20ClNOS. The Morgan fingerprint density at radius 2 is 2.24 bits per heavy atom. The Morgan fingerprint density at radius 1 is 1.47 bits per heavy atom. The molecule has 1 fully saturated rings. The molecular weight excluding hydrogens is 254 g/mol. The largest absolute Gasteiger partial charge is 0.368 e. The monoisotopic (exact) mass is 273 g/mol. The van der Waals surface area contributed by atoms with Crippen LogP contribution in [0.1, 0.15) is 38.9 Å². The summed E-state index contributed by atoms with van der Waals surface area (Å²) in [4.78, 5) is 0. The fraction of sp³-hybridized carbons (Fsp3) is 0.692. The summed E-state index contributed by atoms with van der Waals surface area (Å²) in [5, 5.41) is 5.54. The average molecular weight is 274 g/mol. The maximum atomic E-state index is 6.15. The minimum Gasteiger partial charge on any atom is -0.368 e. The van der Waals surface area contributed by atoms with E-state index in [4.69, 9.17) is 16.3 Å². The van der Waals surface area contributed by atoms with E-state index in [1.807, 2.05) is 6.07 Å². The minimum atomic E-state index is 0.153. The highest BCUT2D eigenvalue weighted by molar-refractivity contribution is 7.14. The van der Waals surface area contributed by atoms with Gasteiger partial charge in [0.2, 0.25) is 0 Å². The van der Waals surface area contributed by atoms with Gasteiger partial charge in [-0.2, -0.15) is 0 Å². The van der Waals surface area contributed by atoms with Crippen molar-refractivity contribution in [3.8, 4) is 0 Å². The zero-order valence-electron chi connectivity index (χ0n) is 10.6. The predicted molar refractivity (Wildman–Crippen MR) is 73.9 cm³/mol. The van der Waals surface area contributed by atoms with Crippen molar-refractivity contribution in [3.63, 3.8) is 0 Å². The second kappa shape index (κ2) is 5.27. The molecule has 2 heterocycles. The van der Waals surface area contributed by atoms with E-state index in [-0.39, 0.29) is 6.10 Å². The molecule has 0 spiro atoms. The summed E-state index contributed by atoms with van der Waals surface area (Å²) in [6.45, 7) is 8.59. The summed E-state index contributed by atoms with van der Waals surface area (Å²) in [7, 11) is 0. The van der Waals surface area contributed by atoms with Crippen molar-refractivity contribution in [2.24, 2.45) is 5.41 Å². The molecule has 0 radical (unpaired) electrons. The normalized spacial score (nSPS) is 26.1. The van der Waals surface area contributed by atoms with Gasteiger partial charge in [0.05, 0.1) is 16.5 Å². The van der Waals surface area contributed by atoms with Gasteiger partial charge in [-0.1, -0.05) is 32.4 Å². The lowest BCUT2D eigenvalue weighted by molar-refractivity contribution is -0.0550. The van der Waals surface area contributed by atoms with Gasteiger partial charge in [-0.15, -0.1) is 11.3 Å². The van der Waals surface area contributed by atoms with Gasteiger partial charge in [0, 0.05) is 13.1 Å². The van der Waals surface area contributed by atoms with Crippen LogP contribution in [0.4, 0.5) is 0 Å². The van der Waals surface area contributed by atoms with E-state index in [0.29, 0.717) is 11.5 Å². The molecule has 2 unspecified atom stereocenters. The van der Waals surface area contributed by atoms with Gasteiger partial charge >= 0.3 is 0 Å². The Bertz CT molecular complexity index is 372. The average Bonchev–Trinajstić information content (AvgIpc) is 2.63. The Hall–Kier alpha value is -0.0900. The van der Waals surface area contributed by atoms with Crippen LogP contribution in [0.15, 0.2) is 11.4 Å². The summed E-state index contributed by atoms with van der Waals surface area (Å²) in [6.07, 6.45) is 1.53. The highest BCUT2D eigenvalue weighted by Gasteiger charge is 2.27. The third-order valence-electron chi connectivity index (χ3n) is 2.86. The molecule has 0 bridgehead atoms. The Labute approximate surface area is 112 Å².